The van der Waals surface area contributed by atoms with Crippen LogP contribution in [0.5, 0.6) is 0 Å². The highest BCUT2D eigenvalue weighted by Gasteiger charge is 2.27. The molecule has 118 valence electrons. The van der Waals surface area contributed by atoms with E-state index in [1.54, 1.807) is 12.1 Å². The molecular weight excluding hydrogens is 263 g/mol. The van der Waals surface area contributed by atoms with Gasteiger partial charge in [-0.05, 0) is 43.7 Å². The summed E-state index contributed by atoms with van der Waals surface area (Å²) >= 11 is 0. The second-order valence-electron chi connectivity index (χ2n) is 6.78. The number of nitrogens with zero attached hydrogens (tertiary/aromatic N) is 1. The second kappa shape index (κ2) is 7.26. The Bertz CT molecular complexity index is 451. The number of para-hydroxylation sites is 1. The van der Waals surface area contributed by atoms with Gasteiger partial charge in [0.15, 0.2) is 0 Å². The Kier molecular flexibility index (Phi) is 5.63. The van der Waals surface area contributed by atoms with Crippen LogP contribution < -0.4 is 10.6 Å². The summed E-state index contributed by atoms with van der Waals surface area (Å²) in [5, 5.41) is 0. The fourth-order valence-electron chi connectivity index (χ4n) is 3.29. The SMILES string of the molecule is CC(C)CCN(c1c(F)cccc1C(C)N)C1CCCC1. The van der Waals surface area contributed by atoms with Gasteiger partial charge in [0.1, 0.15) is 5.82 Å². The Morgan fingerprint density at radius 3 is 2.48 bits per heavy atom. The Morgan fingerprint density at radius 2 is 1.90 bits per heavy atom. The molecule has 1 aromatic rings. The molecule has 2 nitrogen and oxygen atoms in total. The van der Waals surface area contributed by atoms with Crippen molar-refractivity contribution in [1.82, 2.24) is 0 Å². The zero-order valence-corrected chi connectivity index (χ0v) is 13.6. The van der Waals surface area contributed by atoms with Crippen LogP contribution in [-0.2, 0) is 0 Å². The zero-order chi connectivity index (χ0) is 15.4. The van der Waals surface area contributed by atoms with Crippen LogP contribution >= 0.6 is 0 Å². The molecule has 0 radical (unpaired) electrons. The van der Waals surface area contributed by atoms with Crippen molar-refractivity contribution in [3.63, 3.8) is 0 Å². The molecule has 0 aromatic heterocycles. The van der Waals surface area contributed by atoms with Gasteiger partial charge in [0.25, 0.3) is 0 Å². The summed E-state index contributed by atoms with van der Waals surface area (Å²) in [4.78, 5) is 2.31. The molecule has 3 heteroatoms. The standard InChI is InChI=1S/C18H29FN2/c1-13(2)11-12-21(15-7-4-5-8-15)18-16(14(3)20)9-6-10-17(18)19/h6,9-10,13-15H,4-5,7-8,11-12,20H2,1-3H3. The molecule has 1 aromatic carbocycles. The van der Waals surface area contributed by atoms with Gasteiger partial charge in [-0.1, -0.05) is 38.8 Å². The normalized spacial score (nSPS) is 17.4. The lowest BCUT2D eigenvalue weighted by molar-refractivity contribution is 0.514. The molecule has 0 aliphatic heterocycles. The van der Waals surface area contributed by atoms with Gasteiger partial charge < -0.3 is 10.6 Å². The Balaban J connectivity index is 2.35. The molecule has 21 heavy (non-hydrogen) atoms. The lowest BCUT2D eigenvalue weighted by Crippen LogP contribution is -2.36. The summed E-state index contributed by atoms with van der Waals surface area (Å²) in [6, 6.07) is 5.64. The smallest absolute Gasteiger partial charge is 0.146 e. The van der Waals surface area contributed by atoms with Gasteiger partial charge in [-0.25, -0.2) is 4.39 Å². The number of nitrogens with two attached hydrogens (primary N) is 1. The fraction of sp³-hybridized carbons (Fsp3) is 0.667. The van der Waals surface area contributed by atoms with Gasteiger partial charge in [0, 0.05) is 18.6 Å². The van der Waals surface area contributed by atoms with Crippen molar-refractivity contribution >= 4 is 5.69 Å². The third kappa shape index (κ3) is 3.97. The molecular formula is C18H29FN2. The van der Waals surface area contributed by atoms with E-state index < -0.39 is 0 Å². The molecule has 0 spiro atoms. The van der Waals surface area contributed by atoms with Crippen molar-refractivity contribution in [2.45, 2.75) is 65.0 Å². The van der Waals surface area contributed by atoms with Gasteiger partial charge in [0.2, 0.25) is 0 Å². The first-order valence-electron chi connectivity index (χ1n) is 8.31. The Hall–Kier alpha value is -1.09. The molecule has 1 aliphatic rings. The number of halogens is 1. The van der Waals surface area contributed by atoms with Crippen LogP contribution in [0.25, 0.3) is 0 Å². The molecule has 1 aliphatic carbocycles. The Labute approximate surface area is 128 Å². The van der Waals surface area contributed by atoms with E-state index in [9.17, 15) is 4.39 Å². The molecule has 2 N–H and O–H groups in total. The van der Waals surface area contributed by atoms with Crippen LogP contribution in [0.3, 0.4) is 0 Å². The number of rotatable bonds is 6. The molecule has 1 unspecified atom stereocenters. The van der Waals surface area contributed by atoms with Crippen LogP contribution in [-0.4, -0.2) is 12.6 Å². The monoisotopic (exact) mass is 292 g/mol. The molecule has 0 bridgehead atoms. The topological polar surface area (TPSA) is 29.3 Å². The minimum atomic E-state index is -0.140. The second-order valence-corrected chi connectivity index (χ2v) is 6.78. The summed E-state index contributed by atoms with van der Waals surface area (Å²) in [5.74, 6) is 0.500. The quantitative estimate of drug-likeness (QED) is 0.827. The highest BCUT2D eigenvalue weighted by Crippen LogP contribution is 2.35. The van der Waals surface area contributed by atoms with Gasteiger partial charge in [-0.15, -0.1) is 0 Å². The third-order valence-corrected chi connectivity index (χ3v) is 4.51. The van der Waals surface area contributed by atoms with Crippen LogP contribution in [0.1, 0.15) is 64.5 Å². The molecule has 1 atom stereocenters. The largest absolute Gasteiger partial charge is 0.366 e. The van der Waals surface area contributed by atoms with E-state index in [1.807, 2.05) is 13.0 Å². The zero-order valence-electron chi connectivity index (χ0n) is 13.6. The van der Waals surface area contributed by atoms with Gasteiger partial charge >= 0.3 is 0 Å². The highest BCUT2D eigenvalue weighted by molar-refractivity contribution is 5.57. The molecule has 2 rings (SSSR count). The van der Waals surface area contributed by atoms with Crippen molar-refractivity contribution < 1.29 is 4.39 Å². The molecule has 0 heterocycles. The first-order chi connectivity index (χ1) is 10.0. The maximum absolute atomic E-state index is 14.5. The number of hydrogen-bond acceptors (Lipinski definition) is 2. The van der Waals surface area contributed by atoms with E-state index in [0.29, 0.717) is 12.0 Å². The van der Waals surface area contributed by atoms with Crippen molar-refractivity contribution in [3.8, 4) is 0 Å². The first-order valence-corrected chi connectivity index (χ1v) is 8.31. The molecule has 0 amide bonds. The van der Waals surface area contributed by atoms with Crippen molar-refractivity contribution in [1.29, 1.82) is 0 Å². The van der Waals surface area contributed by atoms with Gasteiger partial charge in [0.05, 0.1) is 5.69 Å². The van der Waals surface area contributed by atoms with E-state index >= 15 is 0 Å². The van der Waals surface area contributed by atoms with Crippen LogP contribution in [0, 0.1) is 11.7 Å². The van der Waals surface area contributed by atoms with E-state index in [4.69, 9.17) is 5.73 Å². The number of anilines is 1. The molecule has 1 saturated carbocycles. The summed E-state index contributed by atoms with van der Waals surface area (Å²) in [6.45, 7) is 7.30. The first kappa shape index (κ1) is 16.3. The minimum Gasteiger partial charge on any atom is -0.366 e. The van der Waals surface area contributed by atoms with E-state index in [-0.39, 0.29) is 11.9 Å². The summed E-state index contributed by atoms with van der Waals surface area (Å²) in [6.07, 6.45) is 5.94. The average molecular weight is 292 g/mol. The van der Waals surface area contributed by atoms with Crippen molar-refractivity contribution in [3.05, 3.63) is 29.6 Å². The summed E-state index contributed by atoms with van der Waals surface area (Å²) < 4.78 is 14.5. The maximum Gasteiger partial charge on any atom is 0.146 e. The fourth-order valence-corrected chi connectivity index (χ4v) is 3.29. The number of hydrogen-bond donors (Lipinski definition) is 1. The lowest BCUT2D eigenvalue weighted by Gasteiger charge is -2.34. The van der Waals surface area contributed by atoms with E-state index in [0.717, 1.165) is 24.2 Å². The van der Waals surface area contributed by atoms with Gasteiger partial charge in [-0.2, -0.15) is 0 Å². The summed E-state index contributed by atoms with van der Waals surface area (Å²) in [7, 11) is 0. The molecule has 0 saturated heterocycles. The minimum absolute atomic E-state index is 0.125. The van der Waals surface area contributed by atoms with Gasteiger partial charge in [-0.3, -0.25) is 0 Å². The summed E-state index contributed by atoms with van der Waals surface area (Å²) in [5.41, 5.74) is 7.77. The number of benzene rings is 1. The van der Waals surface area contributed by atoms with Crippen LogP contribution in [0.4, 0.5) is 10.1 Å². The van der Waals surface area contributed by atoms with Crippen molar-refractivity contribution in [2.24, 2.45) is 11.7 Å². The lowest BCUT2D eigenvalue weighted by atomic mass is 10.0. The Morgan fingerprint density at radius 1 is 1.24 bits per heavy atom. The van der Waals surface area contributed by atoms with E-state index in [1.165, 1.54) is 25.7 Å². The predicted octanol–water partition coefficient (Wildman–Crippen LogP) is 4.64. The highest BCUT2D eigenvalue weighted by atomic mass is 19.1. The predicted molar refractivity (Wildman–Crippen MR) is 88.1 cm³/mol. The molecule has 1 fully saturated rings. The van der Waals surface area contributed by atoms with Crippen LogP contribution in [0.2, 0.25) is 0 Å². The third-order valence-electron chi connectivity index (χ3n) is 4.51. The van der Waals surface area contributed by atoms with Crippen LogP contribution in [0.15, 0.2) is 18.2 Å². The average Bonchev–Trinajstić information content (AvgIpc) is 2.93. The van der Waals surface area contributed by atoms with Crippen molar-refractivity contribution in [2.75, 3.05) is 11.4 Å². The maximum atomic E-state index is 14.5. The van der Waals surface area contributed by atoms with E-state index in [2.05, 4.69) is 18.7 Å².